The molecule has 0 unspecified atom stereocenters. The molecule has 0 spiro atoms. The number of aromatic nitrogens is 2. The van der Waals surface area contributed by atoms with Gasteiger partial charge in [0, 0.05) is 16.3 Å². The number of nitrogens with one attached hydrogen (secondary N) is 1. The minimum atomic E-state index is -0.369. The van der Waals surface area contributed by atoms with Crippen molar-refractivity contribution < 1.29 is 9.53 Å². The number of hydrogen-bond acceptors (Lipinski definition) is 6. The summed E-state index contributed by atoms with van der Waals surface area (Å²) in [6.07, 6.45) is 3.08. The van der Waals surface area contributed by atoms with Gasteiger partial charge in [-0.15, -0.1) is 10.2 Å². The molecule has 0 radical (unpaired) electrons. The van der Waals surface area contributed by atoms with Crippen LogP contribution in [0.4, 0.5) is 5.13 Å². The first-order chi connectivity index (χ1) is 15.0. The Kier molecular flexibility index (Phi) is 9.29. The second-order valence-electron chi connectivity index (χ2n) is 6.57. The van der Waals surface area contributed by atoms with Crippen molar-refractivity contribution in [2.75, 3.05) is 11.9 Å². The van der Waals surface area contributed by atoms with Gasteiger partial charge in [-0.3, -0.25) is 10.1 Å². The number of carbonyl (C=O) groups excluding carboxylic acids is 1. The van der Waals surface area contributed by atoms with Crippen LogP contribution in [0.5, 0.6) is 5.75 Å². The normalized spacial score (nSPS) is 10.8. The van der Waals surface area contributed by atoms with E-state index < -0.39 is 0 Å². The molecule has 3 rings (SSSR count). The van der Waals surface area contributed by atoms with Gasteiger partial charge in [0.25, 0.3) is 5.91 Å². The van der Waals surface area contributed by atoms with Crippen LogP contribution in [0, 0.1) is 0 Å². The van der Waals surface area contributed by atoms with E-state index in [1.807, 2.05) is 24.3 Å². The third-order valence-electron chi connectivity index (χ3n) is 4.16. The van der Waals surface area contributed by atoms with Crippen molar-refractivity contribution in [2.24, 2.45) is 0 Å². The molecular formula is C21H20Cl3N3O2S2. The molecule has 0 saturated carbocycles. The lowest BCUT2D eigenvalue weighted by molar-refractivity contribution is 0.102. The van der Waals surface area contributed by atoms with Gasteiger partial charge in [0.05, 0.1) is 16.7 Å². The monoisotopic (exact) mass is 515 g/mol. The summed E-state index contributed by atoms with van der Waals surface area (Å²) < 4.78 is 6.42. The van der Waals surface area contributed by atoms with Crippen molar-refractivity contribution >= 4 is 68.9 Å². The lowest BCUT2D eigenvalue weighted by Crippen LogP contribution is -2.12. The summed E-state index contributed by atoms with van der Waals surface area (Å²) in [6, 6.07) is 10.7. The SMILES string of the molecule is CCCCCOc1c(Cl)cc(C(=O)Nc2nnc(SCc3ccc(Cl)cc3)s2)cc1Cl. The molecule has 0 aliphatic rings. The largest absolute Gasteiger partial charge is 0.490 e. The van der Waals surface area contributed by atoms with Gasteiger partial charge in [-0.1, -0.05) is 89.8 Å². The summed E-state index contributed by atoms with van der Waals surface area (Å²) in [5, 5.41) is 12.6. The number of unbranched alkanes of at least 4 members (excludes halogenated alkanes) is 2. The quantitative estimate of drug-likeness (QED) is 0.171. The second kappa shape index (κ2) is 11.9. The predicted octanol–water partition coefficient (Wildman–Crippen LogP) is 7.61. The maximum atomic E-state index is 12.6. The molecule has 0 saturated heterocycles. The summed E-state index contributed by atoms with van der Waals surface area (Å²) in [4.78, 5) is 12.6. The number of benzene rings is 2. The molecule has 0 aliphatic carbocycles. The number of amides is 1. The Morgan fingerprint density at radius 1 is 1.10 bits per heavy atom. The molecule has 10 heteroatoms. The molecule has 31 heavy (non-hydrogen) atoms. The van der Waals surface area contributed by atoms with Gasteiger partial charge in [-0.05, 0) is 36.2 Å². The number of rotatable bonds is 10. The van der Waals surface area contributed by atoms with Gasteiger partial charge in [0.15, 0.2) is 10.1 Å². The van der Waals surface area contributed by atoms with Crippen LogP contribution in [0.15, 0.2) is 40.7 Å². The van der Waals surface area contributed by atoms with Crippen LogP contribution in [-0.4, -0.2) is 22.7 Å². The number of hydrogen-bond donors (Lipinski definition) is 1. The standard InChI is InChI=1S/C21H20Cl3N3O2S2/c1-2-3-4-9-29-18-16(23)10-14(11-17(18)24)19(28)25-20-26-27-21(31-20)30-12-13-5-7-15(22)8-6-13/h5-8,10-11H,2-4,9,12H2,1H3,(H,25,26,28). The number of nitrogens with zero attached hydrogens (tertiary/aromatic N) is 2. The highest BCUT2D eigenvalue weighted by molar-refractivity contribution is 8.00. The highest BCUT2D eigenvalue weighted by Crippen LogP contribution is 2.35. The van der Waals surface area contributed by atoms with Gasteiger partial charge in [0.1, 0.15) is 0 Å². The maximum Gasteiger partial charge on any atom is 0.257 e. The van der Waals surface area contributed by atoms with E-state index in [9.17, 15) is 4.79 Å². The Hall–Kier alpha value is -1.51. The molecule has 0 bridgehead atoms. The first kappa shape index (κ1) is 24.1. The van der Waals surface area contributed by atoms with E-state index in [0.29, 0.717) is 38.1 Å². The van der Waals surface area contributed by atoms with Crippen LogP contribution in [0.25, 0.3) is 0 Å². The number of ether oxygens (including phenoxy) is 1. The van der Waals surface area contributed by atoms with E-state index in [1.54, 1.807) is 0 Å². The highest BCUT2D eigenvalue weighted by Gasteiger charge is 2.16. The Morgan fingerprint density at radius 2 is 1.81 bits per heavy atom. The van der Waals surface area contributed by atoms with Crippen LogP contribution >= 0.6 is 57.9 Å². The van der Waals surface area contributed by atoms with Gasteiger partial charge in [0.2, 0.25) is 5.13 Å². The molecule has 0 atom stereocenters. The van der Waals surface area contributed by atoms with Gasteiger partial charge in [-0.25, -0.2) is 0 Å². The van der Waals surface area contributed by atoms with E-state index >= 15 is 0 Å². The minimum Gasteiger partial charge on any atom is -0.490 e. The molecule has 2 aromatic carbocycles. The number of carbonyl (C=O) groups is 1. The third-order valence-corrected chi connectivity index (χ3v) is 7.01. The fourth-order valence-electron chi connectivity index (χ4n) is 2.57. The van der Waals surface area contributed by atoms with Crippen LogP contribution in [0.1, 0.15) is 42.1 Å². The average Bonchev–Trinajstić information content (AvgIpc) is 3.19. The first-order valence-corrected chi connectivity index (χ1v) is 12.5. The van der Waals surface area contributed by atoms with Crippen LogP contribution in [0.2, 0.25) is 15.1 Å². The first-order valence-electron chi connectivity index (χ1n) is 9.60. The maximum absolute atomic E-state index is 12.6. The molecule has 3 aromatic rings. The zero-order valence-electron chi connectivity index (χ0n) is 16.7. The lowest BCUT2D eigenvalue weighted by atomic mass is 10.2. The second-order valence-corrected chi connectivity index (χ2v) is 10.0. The lowest BCUT2D eigenvalue weighted by Gasteiger charge is -2.11. The summed E-state index contributed by atoms with van der Waals surface area (Å²) in [5.74, 6) is 0.754. The molecule has 0 fully saturated rings. The summed E-state index contributed by atoms with van der Waals surface area (Å²) in [7, 11) is 0. The van der Waals surface area contributed by atoms with Crippen molar-refractivity contribution in [3.05, 3.63) is 62.6 Å². The Labute approximate surface area is 204 Å². The molecular weight excluding hydrogens is 497 g/mol. The third kappa shape index (κ3) is 7.26. The Balaban J connectivity index is 1.58. The average molecular weight is 517 g/mol. The topological polar surface area (TPSA) is 64.1 Å². The highest BCUT2D eigenvalue weighted by atomic mass is 35.5. The predicted molar refractivity (Wildman–Crippen MR) is 130 cm³/mol. The summed E-state index contributed by atoms with van der Waals surface area (Å²) >= 11 is 21.3. The van der Waals surface area contributed by atoms with Crippen molar-refractivity contribution in [3.63, 3.8) is 0 Å². The van der Waals surface area contributed by atoms with Gasteiger partial charge >= 0.3 is 0 Å². The van der Waals surface area contributed by atoms with Crippen molar-refractivity contribution in [1.29, 1.82) is 0 Å². The Morgan fingerprint density at radius 3 is 2.48 bits per heavy atom. The minimum absolute atomic E-state index is 0.297. The fraction of sp³-hybridized carbons (Fsp3) is 0.286. The molecule has 1 heterocycles. The van der Waals surface area contributed by atoms with E-state index in [0.717, 1.165) is 34.9 Å². The van der Waals surface area contributed by atoms with E-state index in [4.69, 9.17) is 39.5 Å². The van der Waals surface area contributed by atoms with Crippen molar-refractivity contribution in [3.8, 4) is 5.75 Å². The molecule has 5 nitrogen and oxygen atoms in total. The van der Waals surface area contributed by atoms with Gasteiger partial charge in [-0.2, -0.15) is 0 Å². The number of halogens is 3. The van der Waals surface area contributed by atoms with Gasteiger partial charge < -0.3 is 4.74 Å². The zero-order chi connectivity index (χ0) is 22.2. The van der Waals surface area contributed by atoms with E-state index in [2.05, 4.69) is 22.4 Å². The van der Waals surface area contributed by atoms with Crippen molar-refractivity contribution in [2.45, 2.75) is 36.3 Å². The zero-order valence-corrected chi connectivity index (χ0v) is 20.6. The fourth-order valence-corrected chi connectivity index (χ4v) is 4.99. The summed E-state index contributed by atoms with van der Waals surface area (Å²) in [6.45, 7) is 2.65. The molecule has 0 aliphatic heterocycles. The molecule has 1 N–H and O–H groups in total. The number of thioether (sulfide) groups is 1. The number of anilines is 1. The Bertz CT molecular complexity index is 1010. The smallest absolute Gasteiger partial charge is 0.257 e. The summed E-state index contributed by atoms with van der Waals surface area (Å²) in [5.41, 5.74) is 1.44. The van der Waals surface area contributed by atoms with E-state index in [1.165, 1.54) is 35.2 Å². The van der Waals surface area contributed by atoms with Crippen LogP contribution < -0.4 is 10.1 Å². The van der Waals surface area contributed by atoms with Crippen molar-refractivity contribution in [1.82, 2.24) is 10.2 Å². The van der Waals surface area contributed by atoms with E-state index in [-0.39, 0.29) is 5.91 Å². The molecule has 1 amide bonds. The van der Waals surface area contributed by atoms with Crippen LogP contribution in [0.3, 0.4) is 0 Å². The molecule has 1 aromatic heterocycles. The van der Waals surface area contributed by atoms with Crippen LogP contribution in [-0.2, 0) is 5.75 Å². The molecule has 164 valence electrons.